The van der Waals surface area contributed by atoms with Gasteiger partial charge in [0.15, 0.2) is 0 Å². The zero-order chi connectivity index (χ0) is 21.3. The van der Waals surface area contributed by atoms with E-state index in [0.717, 1.165) is 41.0 Å². The van der Waals surface area contributed by atoms with Crippen LogP contribution >= 0.6 is 11.3 Å². The van der Waals surface area contributed by atoms with Crippen LogP contribution in [0, 0.1) is 5.92 Å². The molecular formula is C20H23N5O3S2. The molecule has 8 nitrogen and oxygen atoms in total. The maximum atomic E-state index is 12.9. The Bertz CT molecular complexity index is 1160. The van der Waals surface area contributed by atoms with Gasteiger partial charge in [-0.25, -0.2) is 23.5 Å². The van der Waals surface area contributed by atoms with E-state index in [9.17, 15) is 13.2 Å². The van der Waals surface area contributed by atoms with Crippen LogP contribution in [-0.2, 0) is 14.8 Å². The fourth-order valence-corrected chi connectivity index (χ4v) is 5.02. The summed E-state index contributed by atoms with van der Waals surface area (Å²) in [4.78, 5) is 24.8. The molecule has 2 aromatic heterocycles. The number of nitrogens with one attached hydrogen (secondary N) is 1. The van der Waals surface area contributed by atoms with Gasteiger partial charge in [0, 0.05) is 13.1 Å². The summed E-state index contributed by atoms with van der Waals surface area (Å²) < 4.78 is 22.8. The third-order valence-electron chi connectivity index (χ3n) is 5.40. The van der Waals surface area contributed by atoms with Crippen LogP contribution in [0.1, 0.15) is 31.4 Å². The van der Waals surface area contributed by atoms with E-state index >= 15 is 0 Å². The van der Waals surface area contributed by atoms with Crippen LogP contribution in [0.4, 0.5) is 5.82 Å². The fourth-order valence-electron chi connectivity index (χ4n) is 3.77. The molecule has 0 saturated carbocycles. The highest BCUT2D eigenvalue weighted by atomic mass is 32.2. The lowest BCUT2D eigenvalue weighted by Crippen LogP contribution is -2.44. The maximum absolute atomic E-state index is 12.9. The average Bonchev–Trinajstić information content (AvgIpc) is 3.22. The molecule has 2 atom stereocenters. The summed E-state index contributed by atoms with van der Waals surface area (Å²) in [5.74, 6) is 0.720. The van der Waals surface area contributed by atoms with Crippen molar-refractivity contribution in [3.05, 3.63) is 47.6 Å². The molecule has 1 amide bonds. The lowest BCUT2D eigenvalue weighted by Gasteiger charge is -2.33. The molecule has 0 radical (unpaired) electrons. The van der Waals surface area contributed by atoms with Crippen molar-refractivity contribution in [1.29, 1.82) is 0 Å². The van der Waals surface area contributed by atoms with E-state index in [1.807, 2.05) is 18.4 Å². The number of primary sulfonamides is 1. The van der Waals surface area contributed by atoms with E-state index in [2.05, 4.69) is 20.2 Å². The van der Waals surface area contributed by atoms with Gasteiger partial charge < -0.3 is 10.2 Å². The highest BCUT2D eigenvalue weighted by molar-refractivity contribution is 7.89. The highest BCUT2D eigenvalue weighted by Gasteiger charge is 2.28. The van der Waals surface area contributed by atoms with Crippen molar-refractivity contribution in [2.45, 2.75) is 30.7 Å². The van der Waals surface area contributed by atoms with Gasteiger partial charge in [0.2, 0.25) is 15.9 Å². The van der Waals surface area contributed by atoms with Crippen LogP contribution in [0.5, 0.6) is 0 Å². The van der Waals surface area contributed by atoms with Crippen molar-refractivity contribution in [3.8, 4) is 0 Å². The topological polar surface area (TPSA) is 118 Å². The second-order valence-electron chi connectivity index (χ2n) is 7.47. The average molecular weight is 446 g/mol. The Hall–Kier alpha value is -2.56. The molecule has 0 bridgehead atoms. The molecule has 1 aliphatic rings. The Morgan fingerprint density at radius 1 is 1.27 bits per heavy atom. The number of sulfonamides is 1. The Balaban J connectivity index is 1.44. The minimum absolute atomic E-state index is 0.0154. The summed E-state index contributed by atoms with van der Waals surface area (Å²) >= 11 is 1.58. The zero-order valence-corrected chi connectivity index (χ0v) is 18.1. The van der Waals surface area contributed by atoms with Crippen LogP contribution in [0.3, 0.4) is 0 Å². The molecule has 0 spiro atoms. The Kier molecular flexibility index (Phi) is 5.72. The molecular weight excluding hydrogens is 422 g/mol. The second kappa shape index (κ2) is 8.29. The Morgan fingerprint density at radius 2 is 2.03 bits per heavy atom. The first-order valence-electron chi connectivity index (χ1n) is 9.69. The molecule has 1 saturated heterocycles. The highest BCUT2D eigenvalue weighted by Crippen LogP contribution is 2.30. The molecule has 3 N–H and O–H groups in total. The van der Waals surface area contributed by atoms with Gasteiger partial charge >= 0.3 is 0 Å². The lowest BCUT2D eigenvalue weighted by atomic mass is 9.96. The van der Waals surface area contributed by atoms with E-state index in [1.54, 1.807) is 29.8 Å². The van der Waals surface area contributed by atoms with Gasteiger partial charge in [0.1, 0.15) is 17.0 Å². The maximum Gasteiger partial charge on any atom is 0.238 e. The molecule has 1 aliphatic heterocycles. The zero-order valence-electron chi connectivity index (χ0n) is 16.5. The van der Waals surface area contributed by atoms with Gasteiger partial charge in [-0.3, -0.25) is 4.79 Å². The Labute approximate surface area is 179 Å². The summed E-state index contributed by atoms with van der Waals surface area (Å²) in [6.45, 7) is 3.34. The molecule has 1 unspecified atom stereocenters. The first kappa shape index (κ1) is 20.7. The van der Waals surface area contributed by atoms with Crippen molar-refractivity contribution in [3.63, 3.8) is 0 Å². The van der Waals surface area contributed by atoms with Crippen LogP contribution in [0.15, 0.2) is 46.9 Å². The van der Waals surface area contributed by atoms with Crippen LogP contribution in [0.2, 0.25) is 0 Å². The lowest BCUT2D eigenvalue weighted by molar-refractivity contribution is -0.125. The normalized spacial score (nSPS) is 18.3. The van der Waals surface area contributed by atoms with Gasteiger partial charge in [-0.1, -0.05) is 12.1 Å². The number of thiophene rings is 1. The summed E-state index contributed by atoms with van der Waals surface area (Å²) in [6, 6.07) is 8.03. The number of carbonyl (C=O) groups is 1. The number of nitrogens with zero attached hydrogens (tertiary/aromatic N) is 3. The third-order valence-corrected chi connectivity index (χ3v) is 7.15. The van der Waals surface area contributed by atoms with E-state index in [1.165, 1.54) is 12.1 Å². The second-order valence-corrected chi connectivity index (χ2v) is 9.92. The molecule has 1 aromatic carbocycles. The number of piperidine rings is 1. The first-order valence-corrected chi connectivity index (χ1v) is 12.1. The predicted molar refractivity (Wildman–Crippen MR) is 117 cm³/mol. The monoisotopic (exact) mass is 445 g/mol. The van der Waals surface area contributed by atoms with Crippen molar-refractivity contribution in [2.75, 3.05) is 18.0 Å². The number of hydrogen-bond acceptors (Lipinski definition) is 7. The van der Waals surface area contributed by atoms with Gasteiger partial charge in [0.25, 0.3) is 0 Å². The van der Waals surface area contributed by atoms with Crippen molar-refractivity contribution in [1.82, 2.24) is 15.3 Å². The van der Waals surface area contributed by atoms with E-state index in [-0.39, 0.29) is 22.8 Å². The molecule has 3 aromatic rings. The SMILES string of the molecule is C[C@H](NC(=O)C1CCCN(c2ncnc3sccc23)C1)c1ccc(S(N)(=O)=O)cc1. The van der Waals surface area contributed by atoms with Gasteiger partial charge in [-0.2, -0.15) is 0 Å². The van der Waals surface area contributed by atoms with E-state index in [4.69, 9.17) is 5.14 Å². The molecule has 4 rings (SSSR count). The molecule has 10 heteroatoms. The van der Waals surface area contributed by atoms with Gasteiger partial charge in [-0.15, -0.1) is 11.3 Å². The molecule has 158 valence electrons. The summed E-state index contributed by atoms with van der Waals surface area (Å²) in [7, 11) is -3.73. The number of hydrogen-bond donors (Lipinski definition) is 2. The predicted octanol–water partition coefficient (Wildman–Crippen LogP) is 2.43. The number of nitrogens with two attached hydrogens (primary N) is 1. The summed E-state index contributed by atoms with van der Waals surface area (Å²) in [5.41, 5.74) is 0.819. The number of fused-ring (bicyclic) bond motifs is 1. The molecule has 30 heavy (non-hydrogen) atoms. The van der Waals surface area contributed by atoms with Crippen molar-refractivity contribution < 1.29 is 13.2 Å². The molecule has 3 heterocycles. The van der Waals surface area contributed by atoms with Crippen LogP contribution in [0.25, 0.3) is 10.2 Å². The summed E-state index contributed by atoms with van der Waals surface area (Å²) in [5, 5.41) is 11.2. The smallest absolute Gasteiger partial charge is 0.238 e. The number of carbonyl (C=O) groups excluding carboxylic acids is 1. The largest absolute Gasteiger partial charge is 0.355 e. The minimum Gasteiger partial charge on any atom is -0.355 e. The number of amides is 1. The number of benzene rings is 1. The Morgan fingerprint density at radius 3 is 2.77 bits per heavy atom. The quantitative estimate of drug-likeness (QED) is 0.623. The van der Waals surface area contributed by atoms with E-state index in [0.29, 0.717) is 6.54 Å². The van der Waals surface area contributed by atoms with E-state index < -0.39 is 10.0 Å². The third kappa shape index (κ3) is 4.30. The van der Waals surface area contributed by atoms with Crippen molar-refractivity contribution in [2.24, 2.45) is 11.1 Å². The molecule has 1 fully saturated rings. The van der Waals surface area contributed by atoms with Gasteiger partial charge in [-0.05, 0) is 48.9 Å². The minimum atomic E-state index is -3.73. The standard InChI is InChI=1S/C20H23N5O3S2/c1-13(14-4-6-16(7-5-14)30(21,27)28)24-19(26)15-3-2-9-25(11-15)18-17-8-10-29-20(17)23-12-22-18/h4-8,10,12-13,15H,2-3,9,11H2,1H3,(H,24,26)(H2,21,27,28)/t13-,15?/m0/s1. The number of rotatable bonds is 5. The fraction of sp³-hybridized carbons (Fsp3) is 0.350. The number of anilines is 1. The van der Waals surface area contributed by atoms with Crippen LogP contribution in [-0.4, -0.2) is 37.4 Å². The van der Waals surface area contributed by atoms with Crippen molar-refractivity contribution >= 4 is 43.3 Å². The van der Waals surface area contributed by atoms with Crippen LogP contribution < -0.4 is 15.4 Å². The molecule has 0 aliphatic carbocycles. The van der Waals surface area contributed by atoms with Gasteiger partial charge in [0.05, 0.1) is 22.2 Å². The number of aromatic nitrogens is 2. The summed E-state index contributed by atoms with van der Waals surface area (Å²) in [6.07, 6.45) is 3.30. The first-order chi connectivity index (χ1) is 14.3.